The zero-order valence-corrected chi connectivity index (χ0v) is 21.7. The molecular formula is C29H24N2O6S. The summed E-state index contributed by atoms with van der Waals surface area (Å²) < 4.78 is 13.2. The van der Waals surface area contributed by atoms with E-state index in [-0.39, 0.29) is 17.7 Å². The lowest BCUT2D eigenvalue weighted by atomic mass is 9.95. The molecule has 38 heavy (non-hydrogen) atoms. The van der Waals surface area contributed by atoms with Crippen molar-refractivity contribution in [1.82, 2.24) is 4.57 Å². The van der Waals surface area contributed by atoms with Gasteiger partial charge < -0.3 is 14.3 Å². The molecule has 2 aromatic carbocycles. The lowest BCUT2D eigenvalue weighted by Gasteiger charge is -2.24. The number of carbonyl (C=O) groups is 2. The molecule has 192 valence electrons. The van der Waals surface area contributed by atoms with Crippen LogP contribution in [-0.4, -0.2) is 28.2 Å². The first-order chi connectivity index (χ1) is 18.3. The Kier molecular flexibility index (Phi) is 6.69. The summed E-state index contributed by atoms with van der Waals surface area (Å²) in [5.41, 5.74) is 3.29. The molecule has 9 heteroatoms. The molecule has 3 heterocycles. The van der Waals surface area contributed by atoms with Gasteiger partial charge in [-0.2, -0.15) is 0 Å². The third kappa shape index (κ3) is 4.64. The summed E-state index contributed by atoms with van der Waals surface area (Å²) in [4.78, 5) is 42.8. The fraction of sp³-hybridized carbons (Fsp3) is 0.172. The number of carboxylic acids is 1. The van der Waals surface area contributed by atoms with E-state index in [1.54, 1.807) is 44.2 Å². The van der Waals surface area contributed by atoms with Crippen LogP contribution in [0.4, 0.5) is 0 Å². The first kappa shape index (κ1) is 25.2. The van der Waals surface area contributed by atoms with Crippen LogP contribution in [0.3, 0.4) is 0 Å². The van der Waals surface area contributed by atoms with Gasteiger partial charge in [0, 0.05) is 11.6 Å². The van der Waals surface area contributed by atoms with Gasteiger partial charge in [-0.15, -0.1) is 0 Å². The summed E-state index contributed by atoms with van der Waals surface area (Å²) in [6.45, 7) is 5.67. The van der Waals surface area contributed by atoms with Crippen LogP contribution < -0.4 is 14.9 Å². The number of carboxylic acid groups (broad SMARTS) is 1. The summed E-state index contributed by atoms with van der Waals surface area (Å²) in [7, 11) is 0. The number of allylic oxidation sites excluding steroid dienone is 1. The molecule has 5 rings (SSSR count). The quantitative estimate of drug-likeness (QED) is 0.378. The predicted molar refractivity (Wildman–Crippen MR) is 143 cm³/mol. The second kappa shape index (κ2) is 10.1. The van der Waals surface area contributed by atoms with E-state index in [9.17, 15) is 14.4 Å². The van der Waals surface area contributed by atoms with Crippen molar-refractivity contribution in [1.29, 1.82) is 0 Å². The molecule has 0 fully saturated rings. The molecule has 1 aliphatic heterocycles. The zero-order chi connectivity index (χ0) is 27.0. The van der Waals surface area contributed by atoms with E-state index in [1.807, 2.05) is 31.2 Å². The Balaban J connectivity index is 1.59. The first-order valence-corrected chi connectivity index (χ1v) is 12.8. The van der Waals surface area contributed by atoms with Gasteiger partial charge >= 0.3 is 11.9 Å². The number of aromatic carboxylic acids is 1. The number of hydrogen-bond donors (Lipinski definition) is 1. The number of nitrogens with zero attached hydrogens (tertiary/aromatic N) is 2. The van der Waals surface area contributed by atoms with Crippen LogP contribution in [0.5, 0.6) is 0 Å². The summed E-state index contributed by atoms with van der Waals surface area (Å²) >= 11 is 1.22. The van der Waals surface area contributed by atoms with Gasteiger partial charge in [-0.3, -0.25) is 9.36 Å². The second-order valence-corrected chi connectivity index (χ2v) is 9.81. The molecule has 0 amide bonds. The average molecular weight is 529 g/mol. The smallest absolute Gasteiger partial charge is 0.338 e. The number of rotatable bonds is 6. The van der Waals surface area contributed by atoms with Crippen LogP contribution in [0.15, 0.2) is 86.1 Å². The van der Waals surface area contributed by atoms with Crippen LogP contribution in [0.2, 0.25) is 0 Å². The number of aryl methyl sites for hydroxylation is 1. The molecule has 2 aromatic heterocycles. The Morgan fingerprint density at radius 3 is 2.45 bits per heavy atom. The summed E-state index contributed by atoms with van der Waals surface area (Å²) in [6.07, 6.45) is 1.65. The topological polar surface area (TPSA) is 111 Å². The Bertz CT molecular complexity index is 1750. The van der Waals surface area contributed by atoms with Crippen LogP contribution >= 0.6 is 11.3 Å². The molecule has 1 N–H and O–H groups in total. The Morgan fingerprint density at radius 2 is 1.79 bits per heavy atom. The van der Waals surface area contributed by atoms with Crippen molar-refractivity contribution in [3.8, 4) is 11.3 Å². The molecule has 0 aliphatic carbocycles. The normalized spacial score (nSPS) is 15.2. The number of thiazole rings is 1. The molecule has 0 unspecified atom stereocenters. The summed E-state index contributed by atoms with van der Waals surface area (Å²) in [5, 5.41) is 9.11. The van der Waals surface area contributed by atoms with Crippen LogP contribution in [0.25, 0.3) is 17.4 Å². The third-order valence-electron chi connectivity index (χ3n) is 6.23. The molecule has 0 radical (unpaired) electrons. The van der Waals surface area contributed by atoms with E-state index in [1.165, 1.54) is 28.0 Å². The van der Waals surface area contributed by atoms with Gasteiger partial charge in [0.05, 0.1) is 34.0 Å². The van der Waals surface area contributed by atoms with Crippen LogP contribution in [0, 0.1) is 6.92 Å². The Hall–Kier alpha value is -4.50. The fourth-order valence-electron chi connectivity index (χ4n) is 4.35. The van der Waals surface area contributed by atoms with Gasteiger partial charge in [-0.25, -0.2) is 14.6 Å². The monoisotopic (exact) mass is 528 g/mol. The van der Waals surface area contributed by atoms with Crippen molar-refractivity contribution >= 4 is 29.4 Å². The van der Waals surface area contributed by atoms with E-state index in [0.29, 0.717) is 37.7 Å². The maximum atomic E-state index is 13.7. The maximum Gasteiger partial charge on any atom is 0.338 e. The lowest BCUT2D eigenvalue weighted by Crippen LogP contribution is -2.39. The number of furan rings is 1. The predicted octanol–water partition coefficient (Wildman–Crippen LogP) is 4.06. The third-order valence-corrected chi connectivity index (χ3v) is 7.21. The van der Waals surface area contributed by atoms with Crippen molar-refractivity contribution in [2.45, 2.75) is 26.8 Å². The Morgan fingerprint density at radius 1 is 1.08 bits per heavy atom. The van der Waals surface area contributed by atoms with Crippen LogP contribution in [-0.2, 0) is 9.53 Å². The molecule has 0 saturated carbocycles. The van der Waals surface area contributed by atoms with Gasteiger partial charge in [0.25, 0.3) is 5.56 Å². The molecule has 0 spiro atoms. The maximum absolute atomic E-state index is 13.7. The highest BCUT2D eigenvalue weighted by Crippen LogP contribution is 2.31. The molecule has 0 bridgehead atoms. The number of ether oxygens (including phenoxy) is 1. The van der Waals surface area contributed by atoms with E-state index in [4.69, 9.17) is 14.3 Å². The highest BCUT2D eigenvalue weighted by molar-refractivity contribution is 7.07. The van der Waals surface area contributed by atoms with Gasteiger partial charge in [-0.05, 0) is 50.6 Å². The molecule has 1 atom stereocenters. The van der Waals surface area contributed by atoms with Crippen molar-refractivity contribution in [3.05, 3.63) is 114 Å². The summed E-state index contributed by atoms with van der Waals surface area (Å²) in [6, 6.07) is 16.9. The largest absolute Gasteiger partial charge is 0.478 e. The van der Waals surface area contributed by atoms with Crippen molar-refractivity contribution < 1.29 is 23.8 Å². The molecular weight excluding hydrogens is 504 g/mol. The van der Waals surface area contributed by atoms with Crippen molar-refractivity contribution in [2.24, 2.45) is 4.99 Å². The van der Waals surface area contributed by atoms with E-state index in [0.717, 1.165) is 11.1 Å². The summed E-state index contributed by atoms with van der Waals surface area (Å²) in [5.74, 6) is -0.504. The number of carbonyl (C=O) groups excluding carboxylic acids is 1. The highest BCUT2D eigenvalue weighted by Gasteiger charge is 2.33. The SMILES string of the molecule is CCOC(=O)C1=C(C)N=c2s/c(=C\c3ccc(-c4ccc(C(=O)O)cc4)o3)c(=O)n2[C@@H]1c1ccc(C)cc1. The Labute approximate surface area is 221 Å². The van der Waals surface area contributed by atoms with Gasteiger partial charge in [0.15, 0.2) is 4.80 Å². The van der Waals surface area contributed by atoms with Crippen molar-refractivity contribution in [3.63, 3.8) is 0 Å². The van der Waals surface area contributed by atoms with Gasteiger partial charge in [-0.1, -0.05) is 53.3 Å². The molecule has 8 nitrogen and oxygen atoms in total. The minimum absolute atomic E-state index is 0.183. The average Bonchev–Trinajstić information content (AvgIpc) is 3.48. The standard InChI is InChI=1S/C29H24N2O6S/c1-4-36-28(35)24-17(3)30-29-31(25(24)19-7-5-16(2)6-8-19)26(32)23(38-29)15-21-13-14-22(37-21)18-9-11-20(12-10-18)27(33)34/h5-15,25H,4H2,1-3H3,(H,33,34)/b23-15-/t25-/m1/s1. The van der Waals surface area contributed by atoms with Crippen molar-refractivity contribution in [2.75, 3.05) is 6.61 Å². The lowest BCUT2D eigenvalue weighted by molar-refractivity contribution is -0.139. The molecule has 0 saturated heterocycles. The van der Waals surface area contributed by atoms with E-state index < -0.39 is 18.0 Å². The fourth-order valence-corrected chi connectivity index (χ4v) is 5.37. The number of esters is 1. The molecule has 1 aliphatic rings. The first-order valence-electron chi connectivity index (χ1n) is 12.0. The number of hydrogen-bond acceptors (Lipinski definition) is 7. The van der Waals surface area contributed by atoms with Gasteiger partial charge in [0.1, 0.15) is 11.5 Å². The minimum Gasteiger partial charge on any atom is -0.478 e. The zero-order valence-electron chi connectivity index (χ0n) is 20.9. The number of fused-ring (bicyclic) bond motifs is 1. The molecule has 4 aromatic rings. The van der Waals surface area contributed by atoms with E-state index >= 15 is 0 Å². The number of aromatic nitrogens is 1. The number of benzene rings is 2. The van der Waals surface area contributed by atoms with E-state index in [2.05, 4.69) is 4.99 Å². The highest BCUT2D eigenvalue weighted by atomic mass is 32.1. The van der Waals surface area contributed by atoms with Gasteiger partial charge in [0.2, 0.25) is 0 Å². The van der Waals surface area contributed by atoms with Crippen LogP contribution in [0.1, 0.15) is 47.1 Å². The minimum atomic E-state index is -1.00. The second-order valence-electron chi connectivity index (χ2n) is 8.80.